The first kappa shape index (κ1) is 23.6. The number of hydrogen-bond donors (Lipinski definition) is 0. The molecule has 0 unspecified atom stereocenters. The molecule has 4 rings (SSSR count). The van der Waals surface area contributed by atoms with Crippen molar-refractivity contribution in [3.63, 3.8) is 0 Å². The molecule has 0 saturated carbocycles. The number of benzene rings is 1. The SMILES string of the molecule is COc1ccc(CN2CCN(C(C)=O)CC2)cc1OC1CCN(C(=O)Cc2ccsc2)CC1. The highest BCUT2D eigenvalue weighted by Crippen LogP contribution is 2.31. The maximum Gasteiger partial charge on any atom is 0.227 e. The van der Waals surface area contributed by atoms with E-state index < -0.39 is 0 Å². The minimum absolute atomic E-state index is 0.0680. The molecule has 33 heavy (non-hydrogen) atoms. The molecule has 0 bridgehead atoms. The Morgan fingerprint density at radius 3 is 2.36 bits per heavy atom. The van der Waals surface area contributed by atoms with Crippen molar-refractivity contribution in [3.8, 4) is 11.5 Å². The number of piperidine rings is 1. The molecule has 2 aromatic rings. The summed E-state index contributed by atoms with van der Waals surface area (Å²) in [5.41, 5.74) is 2.26. The van der Waals surface area contributed by atoms with Gasteiger partial charge in [-0.15, -0.1) is 0 Å². The highest BCUT2D eigenvalue weighted by molar-refractivity contribution is 7.08. The molecular formula is C25H33N3O4S. The number of carbonyl (C=O) groups excluding carboxylic acids is 2. The van der Waals surface area contributed by atoms with Crippen molar-refractivity contribution in [2.45, 2.75) is 38.8 Å². The molecule has 0 N–H and O–H groups in total. The van der Waals surface area contributed by atoms with Crippen LogP contribution in [-0.2, 0) is 22.6 Å². The van der Waals surface area contributed by atoms with Gasteiger partial charge in [-0.2, -0.15) is 11.3 Å². The zero-order valence-corrected chi connectivity index (χ0v) is 20.3. The smallest absolute Gasteiger partial charge is 0.227 e. The van der Waals surface area contributed by atoms with E-state index in [-0.39, 0.29) is 17.9 Å². The molecule has 2 saturated heterocycles. The highest BCUT2D eigenvalue weighted by Gasteiger charge is 2.25. The minimum atomic E-state index is 0.0680. The van der Waals surface area contributed by atoms with E-state index in [0.717, 1.165) is 75.7 Å². The van der Waals surface area contributed by atoms with Crippen molar-refractivity contribution in [2.24, 2.45) is 0 Å². The summed E-state index contributed by atoms with van der Waals surface area (Å²) < 4.78 is 11.9. The van der Waals surface area contributed by atoms with Gasteiger partial charge in [-0.1, -0.05) is 6.07 Å². The number of hydrogen-bond acceptors (Lipinski definition) is 6. The van der Waals surface area contributed by atoms with Crippen LogP contribution < -0.4 is 9.47 Å². The molecule has 0 aliphatic carbocycles. The van der Waals surface area contributed by atoms with Crippen LogP contribution in [0.25, 0.3) is 0 Å². The molecule has 2 aliphatic rings. The van der Waals surface area contributed by atoms with Crippen LogP contribution in [0.3, 0.4) is 0 Å². The average Bonchev–Trinajstić information content (AvgIpc) is 3.33. The number of rotatable bonds is 7. The molecule has 0 atom stereocenters. The minimum Gasteiger partial charge on any atom is -0.493 e. The Labute approximate surface area is 199 Å². The van der Waals surface area contributed by atoms with E-state index in [1.807, 2.05) is 32.7 Å². The summed E-state index contributed by atoms with van der Waals surface area (Å²) in [6.45, 7) is 7.19. The Hall–Kier alpha value is -2.58. The molecule has 1 aromatic carbocycles. The monoisotopic (exact) mass is 471 g/mol. The van der Waals surface area contributed by atoms with Gasteiger partial charge in [0.15, 0.2) is 11.5 Å². The van der Waals surface area contributed by atoms with Gasteiger partial charge in [-0.05, 0) is 40.1 Å². The number of likely N-dealkylation sites (tertiary alicyclic amines) is 1. The Morgan fingerprint density at radius 1 is 0.970 bits per heavy atom. The van der Waals surface area contributed by atoms with Crippen LogP contribution in [0.2, 0.25) is 0 Å². The third kappa shape index (κ3) is 6.26. The summed E-state index contributed by atoms with van der Waals surface area (Å²) in [5, 5.41) is 4.05. The normalized spacial score (nSPS) is 17.8. The Kier molecular flexibility index (Phi) is 7.88. The van der Waals surface area contributed by atoms with Crippen LogP contribution >= 0.6 is 11.3 Å². The molecule has 2 fully saturated rings. The lowest BCUT2D eigenvalue weighted by Crippen LogP contribution is -2.47. The summed E-state index contributed by atoms with van der Waals surface area (Å²) >= 11 is 1.63. The van der Waals surface area contributed by atoms with Crippen molar-refractivity contribution in [1.82, 2.24) is 14.7 Å². The summed E-state index contributed by atoms with van der Waals surface area (Å²) in [6.07, 6.45) is 2.18. The number of methoxy groups -OCH3 is 1. The fourth-order valence-corrected chi connectivity index (χ4v) is 5.14. The van der Waals surface area contributed by atoms with Crippen LogP contribution in [-0.4, -0.2) is 79.0 Å². The molecule has 8 heteroatoms. The van der Waals surface area contributed by atoms with Crippen LogP contribution in [0, 0.1) is 0 Å². The number of amides is 2. The van der Waals surface area contributed by atoms with Crippen molar-refractivity contribution in [3.05, 3.63) is 46.2 Å². The van der Waals surface area contributed by atoms with Gasteiger partial charge in [0, 0.05) is 65.6 Å². The first-order valence-electron chi connectivity index (χ1n) is 11.6. The number of ether oxygens (including phenoxy) is 2. The van der Waals surface area contributed by atoms with Crippen LogP contribution in [0.15, 0.2) is 35.0 Å². The third-order valence-electron chi connectivity index (χ3n) is 6.48. The van der Waals surface area contributed by atoms with Crippen LogP contribution in [0.1, 0.15) is 30.9 Å². The van der Waals surface area contributed by atoms with Gasteiger partial charge >= 0.3 is 0 Å². The van der Waals surface area contributed by atoms with Gasteiger partial charge < -0.3 is 19.3 Å². The maximum absolute atomic E-state index is 12.6. The number of piperazine rings is 1. The van der Waals surface area contributed by atoms with Crippen LogP contribution in [0.4, 0.5) is 0 Å². The van der Waals surface area contributed by atoms with E-state index in [4.69, 9.17) is 9.47 Å². The standard InChI is InChI=1S/C25H33N3O4S/c1-19(29)27-12-10-26(11-13-27)17-20-3-4-23(31-2)24(15-20)32-22-5-8-28(9-6-22)25(30)16-21-7-14-33-18-21/h3-4,7,14-15,18,22H,5-6,8-13,16-17H2,1-2H3. The van der Waals surface area contributed by atoms with Crippen molar-refractivity contribution in [2.75, 3.05) is 46.4 Å². The molecule has 3 heterocycles. The van der Waals surface area contributed by atoms with Gasteiger partial charge in [0.2, 0.25) is 11.8 Å². The van der Waals surface area contributed by atoms with Gasteiger partial charge in [-0.25, -0.2) is 0 Å². The van der Waals surface area contributed by atoms with E-state index in [1.165, 1.54) is 5.56 Å². The summed E-state index contributed by atoms with van der Waals surface area (Å²) in [5.74, 6) is 1.84. The van der Waals surface area contributed by atoms with Crippen molar-refractivity contribution in [1.29, 1.82) is 0 Å². The van der Waals surface area contributed by atoms with Gasteiger partial charge in [0.05, 0.1) is 13.5 Å². The number of carbonyl (C=O) groups is 2. The van der Waals surface area contributed by atoms with E-state index in [9.17, 15) is 9.59 Å². The fourth-order valence-electron chi connectivity index (χ4n) is 4.47. The first-order chi connectivity index (χ1) is 16.0. The molecular weight excluding hydrogens is 438 g/mol. The Bertz CT molecular complexity index is 933. The molecule has 0 radical (unpaired) electrons. The molecule has 1 aromatic heterocycles. The third-order valence-corrected chi connectivity index (χ3v) is 7.21. The molecule has 0 spiro atoms. The van der Waals surface area contributed by atoms with E-state index in [2.05, 4.69) is 17.0 Å². The lowest BCUT2D eigenvalue weighted by atomic mass is 10.1. The lowest BCUT2D eigenvalue weighted by Gasteiger charge is -2.34. The molecule has 2 aliphatic heterocycles. The molecule has 7 nitrogen and oxygen atoms in total. The van der Waals surface area contributed by atoms with Crippen molar-refractivity contribution < 1.29 is 19.1 Å². The summed E-state index contributed by atoms with van der Waals surface area (Å²) in [7, 11) is 1.66. The maximum atomic E-state index is 12.6. The highest BCUT2D eigenvalue weighted by atomic mass is 32.1. The van der Waals surface area contributed by atoms with Gasteiger partial charge in [0.25, 0.3) is 0 Å². The number of thiophene rings is 1. The number of nitrogens with zero attached hydrogens (tertiary/aromatic N) is 3. The second kappa shape index (κ2) is 11.0. The summed E-state index contributed by atoms with van der Waals surface area (Å²) in [4.78, 5) is 30.3. The van der Waals surface area contributed by atoms with E-state index >= 15 is 0 Å². The molecule has 178 valence electrons. The topological polar surface area (TPSA) is 62.3 Å². The van der Waals surface area contributed by atoms with Crippen LogP contribution in [0.5, 0.6) is 11.5 Å². The second-order valence-corrected chi connectivity index (χ2v) is 9.55. The largest absolute Gasteiger partial charge is 0.493 e. The average molecular weight is 472 g/mol. The molecule has 2 amide bonds. The second-order valence-electron chi connectivity index (χ2n) is 8.77. The Morgan fingerprint density at radius 2 is 1.73 bits per heavy atom. The van der Waals surface area contributed by atoms with Gasteiger partial charge in [-0.3, -0.25) is 14.5 Å². The van der Waals surface area contributed by atoms with E-state index in [0.29, 0.717) is 6.42 Å². The quantitative estimate of drug-likeness (QED) is 0.621. The predicted molar refractivity (Wildman–Crippen MR) is 129 cm³/mol. The Balaban J connectivity index is 1.30. The van der Waals surface area contributed by atoms with Crippen molar-refractivity contribution >= 4 is 23.2 Å². The summed E-state index contributed by atoms with van der Waals surface area (Å²) in [6, 6.07) is 8.13. The zero-order chi connectivity index (χ0) is 23.2. The van der Waals surface area contributed by atoms with E-state index in [1.54, 1.807) is 25.4 Å². The van der Waals surface area contributed by atoms with Gasteiger partial charge in [0.1, 0.15) is 6.10 Å². The zero-order valence-electron chi connectivity index (χ0n) is 19.5. The lowest BCUT2D eigenvalue weighted by molar-refractivity contribution is -0.132. The first-order valence-corrected chi connectivity index (χ1v) is 12.6. The fraction of sp³-hybridized carbons (Fsp3) is 0.520. The predicted octanol–water partition coefficient (Wildman–Crippen LogP) is 3.03.